The van der Waals surface area contributed by atoms with Gasteiger partial charge in [0.2, 0.25) is 0 Å². The zero-order valence-electron chi connectivity index (χ0n) is 18.4. The molecule has 0 amide bonds. The van der Waals surface area contributed by atoms with Crippen LogP contribution in [0.4, 0.5) is 0 Å². The SMILES string of the molecule is Cl.O=C(O)CCCN1CCC[C@@H]1COc1ccc(Cc2ccc(-c3ccc(Cl)s3)cc2)cc1. The summed E-state index contributed by atoms with van der Waals surface area (Å²) in [6.45, 7) is 2.52. The molecule has 0 spiro atoms. The maximum Gasteiger partial charge on any atom is 0.303 e. The Morgan fingerprint density at radius 1 is 1.06 bits per heavy atom. The second-order valence-corrected chi connectivity index (χ2v) is 9.98. The number of nitrogens with zero attached hydrogens (tertiary/aromatic N) is 1. The summed E-state index contributed by atoms with van der Waals surface area (Å²) in [6, 6.07) is 21.4. The van der Waals surface area contributed by atoms with Crippen molar-refractivity contribution in [3.05, 3.63) is 76.1 Å². The Morgan fingerprint density at radius 3 is 2.39 bits per heavy atom. The molecule has 176 valence electrons. The second-order valence-electron chi connectivity index (χ2n) is 8.26. The van der Waals surface area contributed by atoms with Gasteiger partial charge in [-0.3, -0.25) is 9.69 Å². The van der Waals surface area contributed by atoms with Gasteiger partial charge < -0.3 is 9.84 Å². The molecule has 2 heterocycles. The van der Waals surface area contributed by atoms with Crippen molar-refractivity contribution in [1.29, 1.82) is 0 Å². The van der Waals surface area contributed by atoms with E-state index in [1.807, 2.05) is 18.2 Å². The number of carboxylic acid groups (broad SMARTS) is 1. The van der Waals surface area contributed by atoms with Crippen LogP contribution in [0.3, 0.4) is 0 Å². The zero-order chi connectivity index (χ0) is 22.3. The standard InChI is InChI=1S/C26H28ClNO3S.ClH/c27-25-14-13-24(32-25)21-9-5-19(6-10-21)17-20-7-11-23(12-8-20)31-18-22-3-1-15-28(22)16-2-4-26(29)30;/h5-14,22H,1-4,15-18H2,(H,29,30);1H/t22-;/m1./s1. The maximum atomic E-state index is 10.7. The number of aliphatic carboxylic acids is 1. The molecule has 0 unspecified atom stereocenters. The molecule has 0 saturated carbocycles. The zero-order valence-corrected chi connectivity index (χ0v) is 20.8. The summed E-state index contributed by atoms with van der Waals surface area (Å²) < 4.78 is 6.86. The largest absolute Gasteiger partial charge is 0.492 e. The first-order valence-electron chi connectivity index (χ1n) is 11.1. The Hall–Kier alpha value is -2.05. The van der Waals surface area contributed by atoms with Gasteiger partial charge in [0.25, 0.3) is 0 Å². The third-order valence-electron chi connectivity index (χ3n) is 5.92. The van der Waals surface area contributed by atoms with Gasteiger partial charge in [0.1, 0.15) is 12.4 Å². The van der Waals surface area contributed by atoms with Crippen LogP contribution in [-0.4, -0.2) is 41.7 Å². The number of rotatable bonds is 10. The summed E-state index contributed by atoms with van der Waals surface area (Å²) in [5.41, 5.74) is 3.71. The minimum Gasteiger partial charge on any atom is -0.492 e. The molecular weight excluding hydrogens is 477 g/mol. The molecule has 0 bridgehead atoms. The van der Waals surface area contributed by atoms with E-state index in [-0.39, 0.29) is 18.8 Å². The van der Waals surface area contributed by atoms with Crippen molar-refractivity contribution in [3.8, 4) is 16.2 Å². The van der Waals surface area contributed by atoms with Crippen LogP contribution in [-0.2, 0) is 11.2 Å². The molecular formula is C26H29Cl2NO3S. The fourth-order valence-corrected chi connectivity index (χ4v) is 5.25. The summed E-state index contributed by atoms with van der Waals surface area (Å²) >= 11 is 7.64. The van der Waals surface area contributed by atoms with Gasteiger partial charge in [0.15, 0.2) is 0 Å². The molecule has 1 saturated heterocycles. The lowest BCUT2D eigenvalue weighted by molar-refractivity contribution is -0.137. The number of hydrogen-bond donors (Lipinski definition) is 1. The maximum absolute atomic E-state index is 10.7. The van der Waals surface area contributed by atoms with E-state index in [1.54, 1.807) is 11.3 Å². The van der Waals surface area contributed by atoms with Crippen molar-refractivity contribution in [2.24, 2.45) is 0 Å². The third-order valence-corrected chi connectivity index (χ3v) is 7.20. The molecule has 1 fully saturated rings. The van der Waals surface area contributed by atoms with Crippen LogP contribution in [0.25, 0.3) is 10.4 Å². The smallest absolute Gasteiger partial charge is 0.303 e. The number of halogens is 2. The van der Waals surface area contributed by atoms with Crippen molar-refractivity contribution in [3.63, 3.8) is 0 Å². The first-order valence-corrected chi connectivity index (χ1v) is 12.3. The highest BCUT2D eigenvalue weighted by atomic mass is 35.5. The van der Waals surface area contributed by atoms with Gasteiger partial charge in [0, 0.05) is 17.3 Å². The predicted octanol–water partition coefficient (Wildman–Crippen LogP) is 6.79. The van der Waals surface area contributed by atoms with Crippen LogP contribution < -0.4 is 4.74 Å². The lowest BCUT2D eigenvalue weighted by atomic mass is 10.0. The van der Waals surface area contributed by atoms with E-state index in [2.05, 4.69) is 47.4 Å². The highest BCUT2D eigenvalue weighted by Crippen LogP contribution is 2.31. The van der Waals surface area contributed by atoms with E-state index >= 15 is 0 Å². The molecule has 1 aliphatic heterocycles. The summed E-state index contributed by atoms with van der Waals surface area (Å²) in [4.78, 5) is 14.3. The molecule has 33 heavy (non-hydrogen) atoms. The molecule has 4 rings (SSSR count). The van der Waals surface area contributed by atoms with Crippen LogP contribution in [0.5, 0.6) is 5.75 Å². The molecule has 1 atom stereocenters. The average Bonchev–Trinajstić information content (AvgIpc) is 3.42. The lowest BCUT2D eigenvalue weighted by Crippen LogP contribution is -2.35. The number of ether oxygens (including phenoxy) is 1. The molecule has 4 nitrogen and oxygen atoms in total. The van der Waals surface area contributed by atoms with Crippen LogP contribution in [0.15, 0.2) is 60.7 Å². The molecule has 3 aromatic rings. The highest BCUT2D eigenvalue weighted by molar-refractivity contribution is 7.19. The molecule has 0 aliphatic carbocycles. The lowest BCUT2D eigenvalue weighted by Gasteiger charge is -2.24. The van der Waals surface area contributed by atoms with E-state index < -0.39 is 5.97 Å². The van der Waals surface area contributed by atoms with Crippen molar-refractivity contribution in [2.45, 2.75) is 38.1 Å². The number of carboxylic acids is 1. The van der Waals surface area contributed by atoms with Crippen LogP contribution in [0.2, 0.25) is 4.34 Å². The number of benzene rings is 2. The second kappa shape index (κ2) is 12.4. The molecule has 1 N–H and O–H groups in total. The van der Waals surface area contributed by atoms with Crippen molar-refractivity contribution < 1.29 is 14.6 Å². The van der Waals surface area contributed by atoms with Crippen LogP contribution in [0.1, 0.15) is 36.8 Å². The number of carbonyl (C=O) groups is 1. The van der Waals surface area contributed by atoms with Gasteiger partial charge in [0.05, 0.1) is 4.34 Å². The molecule has 0 radical (unpaired) electrons. The molecule has 1 aliphatic rings. The van der Waals surface area contributed by atoms with Gasteiger partial charge >= 0.3 is 5.97 Å². The van der Waals surface area contributed by atoms with Crippen molar-refractivity contribution in [1.82, 2.24) is 4.90 Å². The van der Waals surface area contributed by atoms with Gasteiger partial charge in [-0.15, -0.1) is 23.7 Å². The van der Waals surface area contributed by atoms with Gasteiger partial charge in [-0.1, -0.05) is 48.0 Å². The number of hydrogen-bond acceptors (Lipinski definition) is 4. The Labute approximate surface area is 210 Å². The van der Waals surface area contributed by atoms with Gasteiger partial charge in [-0.05, 0) is 79.7 Å². The fraction of sp³-hybridized carbons (Fsp3) is 0.346. The Balaban J connectivity index is 0.00000306. The van der Waals surface area contributed by atoms with Crippen LogP contribution >= 0.6 is 35.3 Å². The fourth-order valence-electron chi connectivity index (χ4n) is 4.20. The van der Waals surface area contributed by atoms with Gasteiger partial charge in [-0.25, -0.2) is 0 Å². The third kappa shape index (κ3) is 7.47. The predicted molar refractivity (Wildman–Crippen MR) is 138 cm³/mol. The van der Waals surface area contributed by atoms with E-state index in [4.69, 9.17) is 21.4 Å². The average molecular weight is 506 g/mol. The summed E-state index contributed by atoms with van der Waals surface area (Å²) in [5, 5.41) is 8.83. The first kappa shape index (κ1) is 25.6. The first-order chi connectivity index (χ1) is 15.6. The summed E-state index contributed by atoms with van der Waals surface area (Å²) in [7, 11) is 0. The highest BCUT2D eigenvalue weighted by Gasteiger charge is 2.24. The number of likely N-dealkylation sites (tertiary alicyclic amines) is 1. The summed E-state index contributed by atoms with van der Waals surface area (Å²) in [5.74, 6) is 0.163. The number of thiophene rings is 1. The quantitative estimate of drug-likeness (QED) is 0.329. The molecule has 7 heteroatoms. The van der Waals surface area contributed by atoms with Gasteiger partial charge in [-0.2, -0.15) is 0 Å². The summed E-state index contributed by atoms with van der Waals surface area (Å²) in [6.07, 6.45) is 4.07. The van der Waals surface area contributed by atoms with E-state index in [0.29, 0.717) is 19.1 Å². The Bertz CT molecular complexity index is 1020. The molecule has 2 aromatic carbocycles. The van der Waals surface area contributed by atoms with Crippen LogP contribution in [0, 0.1) is 0 Å². The molecule has 1 aromatic heterocycles. The monoisotopic (exact) mass is 505 g/mol. The normalized spacial score (nSPS) is 15.8. The minimum absolute atomic E-state index is 0. The van der Waals surface area contributed by atoms with Crippen molar-refractivity contribution >= 4 is 41.3 Å². The Kier molecular flexibility index (Phi) is 9.63. The van der Waals surface area contributed by atoms with E-state index in [9.17, 15) is 4.79 Å². The van der Waals surface area contributed by atoms with E-state index in [0.717, 1.165) is 42.4 Å². The minimum atomic E-state index is -0.722. The van der Waals surface area contributed by atoms with Crippen molar-refractivity contribution in [2.75, 3.05) is 19.7 Å². The Morgan fingerprint density at radius 2 is 1.76 bits per heavy atom. The van der Waals surface area contributed by atoms with E-state index in [1.165, 1.54) is 21.6 Å². The topological polar surface area (TPSA) is 49.8 Å².